The Labute approximate surface area is 65.6 Å². The van der Waals surface area contributed by atoms with Gasteiger partial charge in [0.25, 0.3) is 0 Å². The van der Waals surface area contributed by atoms with E-state index >= 15 is 0 Å². The summed E-state index contributed by atoms with van der Waals surface area (Å²) in [4.78, 5) is 0. The van der Waals surface area contributed by atoms with Crippen LogP contribution in [0, 0.1) is 5.41 Å². The van der Waals surface area contributed by atoms with E-state index < -0.39 is 0 Å². The Morgan fingerprint density at radius 2 is 1.60 bits per heavy atom. The Hall–Kier alpha value is 0.270. The number of rotatable bonds is 4. The van der Waals surface area contributed by atoms with Crippen LogP contribution in [0.5, 0.6) is 0 Å². The van der Waals surface area contributed by atoms with Crippen molar-refractivity contribution >= 4 is 11.8 Å². The van der Waals surface area contributed by atoms with E-state index in [9.17, 15) is 0 Å². The minimum Gasteiger partial charge on any atom is -0.396 e. The highest BCUT2D eigenvalue weighted by atomic mass is 32.2. The maximum atomic E-state index is 8.70. The van der Waals surface area contributed by atoms with E-state index in [2.05, 4.69) is 0 Å². The highest BCUT2D eigenvalue weighted by Crippen LogP contribution is 2.43. The van der Waals surface area contributed by atoms with E-state index in [0.29, 0.717) is 0 Å². The first-order valence-electron chi connectivity index (χ1n) is 3.62. The Kier molecular flexibility index (Phi) is 3.01. The monoisotopic (exact) mass is 162 g/mol. The zero-order valence-electron chi connectivity index (χ0n) is 6.05. The predicted octanol–water partition coefficient (Wildman–Crippen LogP) is 0.484. The summed E-state index contributed by atoms with van der Waals surface area (Å²) in [6.45, 7) is 0.529. The number of aliphatic hydroxyl groups is 2. The van der Waals surface area contributed by atoms with Gasteiger partial charge in [0.05, 0.1) is 0 Å². The molecule has 0 spiro atoms. The molecule has 10 heavy (non-hydrogen) atoms. The Morgan fingerprint density at radius 1 is 1.10 bits per heavy atom. The van der Waals surface area contributed by atoms with E-state index in [1.807, 2.05) is 11.8 Å². The van der Waals surface area contributed by atoms with Gasteiger partial charge in [-0.15, -0.1) is 0 Å². The van der Waals surface area contributed by atoms with Crippen molar-refractivity contribution in [1.29, 1.82) is 0 Å². The second-order valence-corrected chi connectivity index (χ2v) is 3.93. The normalized spacial score (nSPS) is 22.2. The van der Waals surface area contributed by atoms with Crippen molar-refractivity contribution in [2.75, 3.05) is 24.7 Å². The maximum Gasteiger partial charge on any atom is 0.0436 e. The van der Waals surface area contributed by atoms with Gasteiger partial charge in [-0.1, -0.05) is 0 Å². The molecule has 3 heteroatoms. The van der Waals surface area contributed by atoms with Crippen LogP contribution >= 0.6 is 11.8 Å². The molecule has 0 unspecified atom stereocenters. The number of aliphatic hydroxyl groups excluding tert-OH is 2. The third-order valence-electron chi connectivity index (χ3n) is 2.10. The first kappa shape index (κ1) is 8.37. The lowest BCUT2D eigenvalue weighted by Gasteiger charge is -2.40. The molecule has 0 atom stereocenters. The average Bonchev–Trinajstić information content (AvgIpc) is 1.84. The van der Waals surface area contributed by atoms with Gasteiger partial charge in [0.1, 0.15) is 0 Å². The molecule has 1 aliphatic rings. The smallest absolute Gasteiger partial charge is 0.0436 e. The summed E-state index contributed by atoms with van der Waals surface area (Å²) in [7, 11) is 0. The summed E-state index contributed by atoms with van der Waals surface area (Å²) >= 11 is 1.90. The number of thioether (sulfide) groups is 1. The van der Waals surface area contributed by atoms with Crippen molar-refractivity contribution < 1.29 is 10.2 Å². The van der Waals surface area contributed by atoms with Gasteiger partial charge in [-0.05, 0) is 29.8 Å². The minimum absolute atomic E-state index is 0.264. The van der Waals surface area contributed by atoms with E-state index in [0.717, 1.165) is 24.3 Å². The zero-order chi connectivity index (χ0) is 7.45. The third-order valence-corrected chi connectivity index (χ3v) is 3.73. The van der Waals surface area contributed by atoms with E-state index in [1.165, 1.54) is 0 Å². The second-order valence-electron chi connectivity index (χ2n) is 2.94. The Bertz CT molecular complexity index is 93.8. The molecule has 60 valence electrons. The molecule has 1 rings (SSSR count). The first-order chi connectivity index (χ1) is 4.83. The molecule has 0 aromatic heterocycles. The van der Waals surface area contributed by atoms with Gasteiger partial charge in [0, 0.05) is 13.2 Å². The molecule has 1 aliphatic heterocycles. The van der Waals surface area contributed by atoms with Gasteiger partial charge in [0.15, 0.2) is 0 Å². The topological polar surface area (TPSA) is 40.5 Å². The fourth-order valence-electron chi connectivity index (χ4n) is 1.28. The van der Waals surface area contributed by atoms with Crippen LogP contribution in [0.2, 0.25) is 0 Å². The Balaban J connectivity index is 2.27. The summed E-state index contributed by atoms with van der Waals surface area (Å²) in [6.07, 6.45) is 1.72. The summed E-state index contributed by atoms with van der Waals surface area (Å²) in [5, 5.41) is 17.4. The zero-order valence-corrected chi connectivity index (χ0v) is 6.86. The molecule has 1 heterocycles. The van der Waals surface area contributed by atoms with Crippen molar-refractivity contribution in [2.45, 2.75) is 12.8 Å². The molecular weight excluding hydrogens is 148 g/mol. The fourth-order valence-corrected chi connectivity index (χ4v) is 2.64. The summed E-state index contributed by atoms with van der Waals surface area (Å²) in [6, 6.07) is 0. The highest BCUT2D eigenvalue weighted by Gasteiger charge is 2.36. The van der Waals surface area contributed by atoms with Crippen molar-refractivity contribution in [2.24, 2.45) is 5.41 Å². The van der Waals surface area contributed by atoms with Gasteiger partial charge >= 0.3 is 0 Å². The van der Waals surface area contributed by atoms with Crippen molar-refractivity contribution in [3.63, 3.8) is 0 Å². The lowest BCUT2D eigenvalue weighted by molar-refractivity contribution is 0.163. The molecule has 1 saturated heterocycles. The van der Waals surface area contributed by atoms with E-state index in [-0.39, 0.29) is 18.6 Å². The minimum atomic E-state index is 0.264. The second kappa shape index (κ2) is 3.60. The lowest BCUT2D eigenvalue weighted by Crippen LogP contribution is -2.37. The lowest BCUT2D eigenvalue weighted by atomic mass is 9.85. The van der Waals surface area contributed by atoms with Crippen molar-refractivity contribution in [3.05, 3.63) is 0 Å². The van der Waals surface area contributed by atoms with Gasteiger partial charge in [-0.25, -0.2) is 0 Å². The first-order valence-corrected chi connectivity index (χ1v) is 4.78. The molecule has 0 aromatic rings. The SMILES string of the molecule is OCCC1(CCO)CSC1. The fraction of sp³-hybridized carbons (Fsp3) is 1.00. The molecule has 0 aliphatic carbocycles. The van der Waals surface area contributed by atoms with Crippen LogP contribution in [0.25, 0.3) is 0 Å². The molecule has 2 N–H and O–H groups in total. The molecule has 2 nitrogen and oxygen atoms in total. The third kappa shape index (κ3) is 1.65. The molecule has 1 fully saturated rings. The molecule has 0 bridgehead atoms. The van der Waals surface area contributed by atoms with Crippen molar-refractivity contribution in [3.8, 4) is 0 Å². The highest BCUT2D eigenvalue weighted by molar-refractivity contribution is 8.00. The average molecular weight is 162 g/mol. The Morgan fingerprint density at radius 3 is 1.80 bits per heavy atom. The summed E-state index contributed by atoms with van der Waals surface area (Å²) < 4.78 is 0. The van der Waals surface area contributed by atoms with Crippen LogP contribution in [-0.2, 0) is 0 Å². The van der Waals surface area contributed by atoms with Crippen LogP contribution in [0.1, 0.15) is 12.8 Å². The quantitative estimate of drug-likeness (QED) is 0.632. The molecule has 0 saturated carbocycles. The van der Waals surface area contributed by atoms with Crippen LogP contribution in [0.15, 0.2) is 0 Å². The molecule has 0 aromatic carbocycles. The molecular formula is C7H14O2S. The van der Waals surface area contributed by atoms with Gasteiger partial charge in [-0.2, -0.15) is 11.8 Å². The van der Waals surface area contributed by atoms with E-state index in [4.69, 9.17) is 10.2 Å². The van der Waals surface area contributed by atoms with Gasteiger partial charge in [-0.3, -0.25) is 0 Å². The van der Waals surface area contributed by atoms with Crippen molar-refractivity contribution in [1.82, 2.24) is 0 Å². The van der Waals surface area contributed by atoms with Gasteiger partial charge < -0.3 is 10.2 Å². The molecule has 0 radical (unpaired) electrons. The maximum absolute atomic E-state index is 8.70. The standard InChI is InChI=1S/C7H14O2S/c8-3-1-7(2-4-9)5-10-6-7/h8-9H,1-6H2. The predicted molar refractivity (Wildman–Crippen MR) is 43.2 cm³/mol. The van der Waals surface area contributed by atoms with Crippen LogP contribution < -0.4 is 0 Å². The van der Waals surface area contributed by atoms with Crippen LogP contribution in [-0.4, -0.2) is 34.9 Å². The van der Waals surface area contributed by atoms with Crippen LogP contribution in [0.4, 0.5) is 0 Å². The largest absolute Gasteiger partial charge is 0.396 e. The van der Waals surface area contributed by atoms with Gasteiger partial charge in [0.2, 0.25) is 0 Å². The summed E-state index contributed by atoms with van der Waals surface area (Å²) in [5.41, 5.74) is 0.286. The number of hydrogen-bond donors (Lipinski definition) is 2. The van der Waals surface area contributed by atoms with E-state index in [1.54, 1.807) is 0 Å². The molecule has 0 amide bonds. The van der Waals surface area contributed by atoms with Crippen LogP contribution in [0.3, 0.4) is 0 Å². The summed E-state index contributed by atoms with van der Waals surface area (Å²) in [5.74, 6) is 2.24. The number of hydrogen-bond acceptors (Lipinski definition) is 3.